The normalized spacial score (nSPS) is 14.6. The first-order chi connectivity index (χ1) is 14.7. The summed E-state index contributed by atoms with van der Waals surface area (Å²) >= 11 is 0. The maximum atomic E-state index is 13.3. The van der Waals surface area contributed by atoms with Gasteiger partial charge in [-0.1, -0.05) is 38.1 Å². The van der Waals surface area contributed by atoms with Crippen LogP contribution in [-0.2, 0) is 26.0 Å². The Balaban J connectivity index is 1.78. The molecule has 0 radical (unpaired) electrons. The number of carbonyl (C=O) groups excluding carboxylic acids is 2. The number of ether oxygens (including phenoxy) is 1. The number of para-hydroxylation sites is 1. The van der Waals surface area contributed by atoms with Gasteiger partial charge in [0.15, 0.2) is 6.10 Å². The highest BCUT2D eigenvalue weighted by Gasteiger charge is 2.29. The number of esters is 1. The van der Waals surface area contributed by atoms with Crippen LogP contribution in [0.4, 0.5) is 5.69 Å². The van der Waals surface area contributed by atoms with Crippen molar-refractivity contribution in [2.24, 2.45) is 5.92 Å². The Morgan fingerprint density at radius 3 is 2.58 bits per heavy atom. The third-order valence-electron chi connectivity index (χ3n) is 5.06. The number of rotatable bonds is 7. The van der Waals surface area contributed by atoms with Gasteiger partial charge in [0, 0.05) is 13.1 Å². The first kappa shape index (κ1) is 22.8. The average Bonchev–Trinajstić information content (AvgIpc) is 2.76. The number of carbonyl (C=O) groups is 2. The predicted molar refractivity (Wildman–Crippen MR) is 118 cm³/mol. The molecule has 2 aromatic rings. The summed E-state index contributed by atoms with van der Waals surface area (Å²) in [5.41, 5.74) is 1.72. The van der Waals surface area contributed by atoms with Crippen molar-refractivity contribution >= 4 is 27.6 Å². The minimum atomic E-state index is -3.85. The molecule has 1 heterocycles. The lowest BCUT2D eigenvalue weighted by molar-refractivity contribution is -0.129. The van der Waals surface area contributed by atoms with E-state index in [0.717, 1.165) is 18.4 Å². The zero-order valence-electron chi connectivity index (χ0n) is 18.0. The molecule has 1 atom stereocenters. The monoisotopic (exact) mass is 444 g/mol. The summed E-state index contributed by atoms with van der Waals surface area (Å²) < 4.78 is 33.3. The van der Waals surface area contributed by atoms with Crippen molar-refractivity contribution in [1.82, 2.24) is 5.32 Å². The van der Waals surface area contributed by atoms with E-state index in [9.17, 15) is 18.0 Å². The van der Waals surface area contributed by atoms with Gasteiger partial charge in [-0.05, 0) is 55.5 Å². The summed E-state index contributed by atoms with van der Waals surface area (Å²) in [6.07, 6.45) is 0.562. The van der Waals surface area contributed by atoms with Gasteiger partial charge >= 0.3 is 5.97 Å². The molecule has 1 amide bonds. The molecule has 0 saturated carbocycles. The lowest BCUT2D eigenvalue weighted by atomic mass is 10.0. The highest BCUT2D eigenvalue weighted by Crippen LogP contribution is 2.32. The molecule has 2 aromatic carbocycles. The van der Waals surface area contributed by atoms with Crippen LogP contribution >= 0.6 is 0 Å². The molecule has 1 aliphatic heterocycles. The Hall–Kier alpha value is -2.87. The Kier molecular flexibility index (Phi) is 7.00. The van der Waals surface area contributed by atoms with Crippen molar-refractivity contribution in [3.8, 4) is 0 Å². The van der Waals surface area contributed by atoms with E-state index in [-0.39, 0.29) is 16.4 Å². The molecule has 1 N–H and O–H groups in total. The van der Waals surface area contributed by atoms with Gasteiger partial charge in [0.1, 0.15) is 0 Å². The van der Waals surface area contributed by atoms with Crippen LogP contribution in [-0.4, -0.2) is 39.5 Å². The Morgan fingerprint density at radius 1 is 1.10 bits per heavy atom. The van der Waals surface area contributed by atoms with E-state index in [1.165, 1.54) is 35.5 Å². The van der Waals surface area contributed by atoms with Crippen LogP contribution in [0.5, 0.6) is 0 Å². The smallest absolute Gasteiger partial charge is 0.338 e. The number of aryl methyl sites for hydroxylation is 1. The molecule has 1 unspecified atom stereocenters. The molecular formula is C23H28N2O5S. The van der Waals surface area contributed by atoms with Gasteiger partial charge in [-0.2, -0.15) is 0 Å². The van der Waals surface area contributed by atoms with Crippen molar-refractivity contribution in [3.63, 3.8) is 0 Å². The molecule has 0 spiro atoms. The number of hydrogen-bond acceptors (Lipinski definition) is 5. The third kappa shape index (κ3) is 5.25. The number of hydrogen-bond donors (Lipinski definition) is 1. The Labute approximate surface area is 183 Å². The molecule has 166 valence electrons. The molecule has 7 nitrogen and oxygen atoms in total. The van der Waals surface area contributed by atoms with E-state index in [1.54, 1.807) is 6.07 Å². The molecule has 0 aromatic heterocycles. The van der Waals surface area contributed by atoms with Gasteiger partial charge in [-0.15, -0.1) is 0 Å². The van der Waals surface area contributed by atoms with Crippen LogP contribution in [0.25, 0.3) is 0 Å². The first-order valence-electron chi connectivity index (χ1n) is 10.4. The number of nitrogens with zero attached hydrogens (tertiary/aromatic N) is 1. The molecule has 8 heteroatoms. The van der Waals surface area contributed by atoms with Crippen molar-refractivity contribution in [3.05, 3.63) is 59.7 Å². The van der Waals surface area contributed by atoms with Crippen molar-refractivity contribution in [1.29, 1.82) is 0 Å². The summed E-state index contributed by atoms with van der Waals surface area (Å²) in [6.45, 7) is 6.26. The molecule has 0 bridgehead atoms. The summed E-state index contributed by atoms with van der Waals surface area (Å²) in [4.78, 5) is 24.6. The second-order valence-corrected chi connectivity index (χ2v) is 9.89. The van der Waals surface area contributed by atoms with E-state index in [4.69, 9.17) is 4.74 Å². The molecule has 31 heavy (non-hydrogen) atoms. The zero-order chi connectivity index (χ0) is 22.6. The van der Waals surface area contributed by atoms with Gasteiger partial charge in [0.05, 0.1) is 16.1 Å². The van der Waals surface area contributed by atoms with Gasteiger partial charge in [0.2, 0.25) is 0 Å². The van der Waals surface area contributed by atoms with E-state index in [2.05, 4.69) is 5.32 Å². The second-order valence-electron chi connectivity index (χ2n) is 8.02. The Bertz CT molecular complexity index is 1070. The van der Waals surface area contributed by atoms with Gasteiger partial charge < -0.3 is 10.1 Å². The molecule has 0 fully saturated rings. The average molecular weight is 445 g/mol. The van der Waals surface area contributed by atoms with Crippen LogP contribution in [0.1, 0.15) is 43.1 Å². The summed E-state index contributed by atoms with van der Waals surface area (Å²) in [5, 5.41) is 2.71. The fraction of sp³-hybridized carbons (Fsp3) is 0.391. The van der Waals surface area contributed by atoms with Crippen molar-refractivity contribution in [2.75, 3.05) is 17.4 Å². The maximum absolute atomic E-state index is 13.3. The second kappa shape index (κ2) is 9.51. The fourth-order valence-corrected chi connectivity index (χ4v) is 4.98. The molecule has 0 aliphatic carbocycles. The van der Waals surface area contributed by atoms with Gasteiger partial charge in [-0.25, -0.2) is 13.2 Å². The van der Waals surface area contributed by atoms with E-state index in [0.29, 0.717) is 18.8 Å². The Morgan fingerprint density at radius 2 is 1.84 bits per heavy atom. The molecule has 1 aliphatic rings. The summed E-state index contributed by atoms with van der Waals surface area (Å²) in [7, 11) is -3.85. The number of benzene rings is 2. The zero-order valence-corrected chi connectivity index (χ0v) is 18.8. The highest BCUT2D eigenvalue weighted by molar-refractivity contribution is 7.92. The topological polar surface area (TPSA) is 92.8 Å². The van der Waals surface area contributed by atoms with Crippen LogP contribution < -0.4 is 9.62 Å². The van der Waals surface area contributed by atoms with E-state index in [1.807, 2.05) is 32.0 Å². The fourth-order valence-electron chi connectivity index (χ4n) is 3.39. The minimum absolute atomic E-state index is 0.00978. The molecule has 0 saturated heterocycles. The summed E-state index contributed by atoms with van der Waals surface area (Å²) in [6, 6.07) is 13.2. The predicted octanol–water partition coefficient (Wildman–Crippen LogP) is 3.15. The molecular weight excluding hydrogens is 416 g/mol. The van der Waals surface area contributed by atoms with Crippen LogP contribution in [0, 0.1) is 5.92 Å². The highest BCUT2D eigenvalue weighted by atomic mass is 32.2. The lowest BCUT2D eigenvalue weighted by Gasteiger charge is -2.30. The van der Waals surface area contributed by atoms with E-state index >= 15 is 0 Å². The SMILES string of the molecule is CC(C)CNC(=O)C(C)OC(=O)c1cccc(S(=O)(=O)N2CCCc3ccccc32)c1. The maximum Gasteiger partial charge on any atom is 0.338 e. The van der Waals surface area contributed by atoms with Gasteiger partial charge in [0.25, 0.3) is 15.9 Å². The largest absolute Gasteiger partial charge is 0.449 e. The quantitative estimate of drug-likeness (QED) is 0.663. The number of anilines is 1. The molecule has 3 rings (SSSR count). The van der Waals surface area contributed by atoms with Crippen LogP contribution in [0.15, 0.2) is 53.4 Å². The summed E-state index contributed by atoms with van der Waals surface area (Å²) in [5.74, 6) is -0.868. The van der Waals surface area contributed by atoms with Crippen LogP contribution in [0.2, 0.25) is 0 Å². The number of fused-ring (bicyclic) bond motifs is 1. The standard InChI is InChI=1S/C23H28N2O5S/c1-16(2)15-24-22(26)17(3)30-23(27)19-9-6-11-20(14-19)31(28,29)25-13-7-10-18-8-4-5-12-21(18)25/h4-6,8-9,11-12,14,16-17H,7,10,13,15H2,1-3H3,(H,24,26). The lowest BCUT2D eigenvalue weighted by Crippen LogP contribution is -2.37. The number of nitrogens with one attached hydrogen (secondary N) is 1. The van der Waals surface area contributed by atoms with Gasteiger partial charge in [-0.3, -0.25) is 9.10 Å². The van der Waals surface area contributed by atoms with E-state index < -0.39 is 28.0 Å². The number of amides is 1. The minimum Gasteiger partial charge on any atom is -0.449 e. The van der Waals surface area contributed by atoms with Crippen LogP contribution in [0.3, 0.4) is 0 Å². The first-order valence-corrected chi connectivity index (χ1v) is 11.8. The van der Waals surface area contributed by atoms with Crippen molar-refractivity contribution in [2.45, 2.75) is 44.6 Å². The number of sulfonamides is 1. The third-order valence-corrected chi connectivity index (χ3v) is 6.87. The van der Waals surface area contributed by atoms with Crippen molar-refractivity contribution < 1.29 is 22.7 Å².